The second kappa shape index (κ2) is 11.5. The molecule has 2 aromatic carbocycles. The summed E-state index contributed by atoms with van der Waals surface area (Å²) in [6.07, 6.45) is -4.65. The fourth-order valence-electron chi connectivity index (χ4n) is 5.10. The number of ether oxygens (including phenoxy) is 1. The molecule has 0 atom stereocenters. The van der Waals surface area contributed by atoms with Crippen LogP contribution in [0.15, 0.2) is 60.7 Å². The van der Waals surface area contributed by atoms with Crippen molar-refractivity contribution in [3.05, 3.63) is 82.6 Å². The molecule has 1 amide bonds. The van der Waals surface area contributed by atoms with Crippen LogP contribution in [0.1, 0.15) is 35.6 Å². The average Bonchev–Trinajstić information content (AvgIpc) is 3.24. The maximum absolute atomic E-state index is 14.3. The molecule has 1 fully saturated rings. The molecule has 4 rings (SSSR count). The van der Waals surface area contributed by atoms with Crippen molar-refractivity contribution in [2.45, 2.75) is 26.6 Å². The maximum atomic E-state index is 14.3. The number of rotatable bonds is 8. The maximum Gasteiger partial charge on any atom is 0.431 e. The van der Waals surface area contributed by atoms with Crippen LogP contribution in [0.3, 0.4) is 0 Å². The third-order valence-corrected chi connectivity index (χ3v) is 6.95. The molecule has 38 heavy (non-hydrogen) atoms. The van der Waals surface area contributed by atoms with Crippen LogP contribution >= 0.6 is 11.6 Å². The Morgan fingerprint density at radius 2 is 1.66 bits per heavy atom. The van der Waals surface area contributed by atoms with Gasteiger partial charge in [0.1, 0.15) is 11.4 Å². The number of amides is 1. The predicted octanol–water partition coefficient (Wildman–Crippen LogP) is 6.31. The van der Waals surface area contributed by atoms with E-state index in [4.69, 9.17) is 16.3 Å². The van der Waals surface area contributed by atoms with Crippen molar-refractivity contribution >= 4 is 17.5 Å². The summed E-state index contributed by atoms with van der Waals surface area (Å²) in [4.78, 5) is 17.8. The van der Waals surface area contributed by atoms with E-state index >= 15 is 0 Å². The van der Waals surface area contributed by atoms with Crippen molar-refractivity contribution in [2.75, 3.05) is 46.4 Å². The van der Waals surface area contributed by atoms with Gasteiger partial charge in [-0.15, -0.1) is 0 Å². The van der Waals surface area contributed by atoms with Crippen LogP contribution in [0, 0.1) is 5.41 Å². The summed E-state index contributed by atoms with van der Waals surface area (Å²) in [6.45, 7) is 8.14. The lowest BCUT2D eigenvalue weighted by atomic mass is 9.91. The second-order valence-corrected chi connectivity index (χ2v) is 11.0. The van der Waals surface area contributed by atoms with Crippen LogP contribution in [-0.4, -0.2) is 66.7 Å². The van der Waals surface area contributed by atoms with E-state index in [1.54, 1.807) is 61.6 Å². The first-order valence-electron chi connectivity index (χ1n) is 12.6. The number of nitrogens with zero attached hydrogens (tertiary/aromatic N) is 3. The van der Waals surface area contributed by atoms with Crippen molar-refractivity contribution in [3.8, 4) is 11.1 Å². The molecule has 2 heterocycles. The number of carbonyl (C=O) groups is 1. The molecule has 0 unspecified atom stereocenters. The summed E-state index contributed by atoms with van der Waals surface area (Å²) < 4.78 is 49.6. The number of alkyl halides is 3. The summed E-state index contributed by atoms with van der Waals surface area (Å²) in [5.41, 5.74) is 0.250. The first kappa shape index (κ1) is 28.2. The van der Waals surface area contributed by atoms with Crippen LogP contribution in [0.25, 0.3) is 11.1 Å². The molecular formula is C29H33ClF3N3O2. The Labute approximate surface area is 226 Å². The van der Waals surface area contributed by atoms with Crippen molar-refractivity contribution in [2.24, 2.45) is 5.41 Å². The smallest absolute Gasteiger partial charge is 0.379 e. The summed E-state index contributed by atoms with van der Waals surface area (Å²) in [5.74, 6) is -0.462. The number of hydrogen-bond acceptors (Lipinski definition) is 3. The molecule has 204 valence electrons. The van der Waals surface area contributed by atoms with Gasteiger partial charge in [-0.3, -0.25) is 9.69 Å². The largest absolute Gasteiger partial charge is 0.431 e. The molecule has 1 saturated heterocycles. The van der Waals surface area contributed by atoms with Crippen LogP contribution in [0.2, 0.25) is 5.02 Å². The number of morpholine rings is 1. The van der Waals surface area contributed by atoms with Gasteiger partial charge in [-0.1, -0.05) is 67.9 Å². The Morgan fingerprint density at radius 3 is 2.26 bits per heavy atom. The van der Waals surface area contributed by atoms with Gasteiger partial charge in [0.2, 0.25) is 0 Å². The lowest BCUT2D eigenvalue weighted by Gasteiger charge is -2.37. The zero-order valence-electron chi connectivity index (χ0n) is 21.9. The lowest BCUT2D eigenvalue weighted by molar-refractivity contribution is -0.143. The molecule has 1 aromatic heterocycles. The highest BCUT2D eigenvalue weighted by Crippen LogP contribution is 2.38. The van der Waals surface area contributed by atoms with E-state index < -0.39 is 17.8 Å². The third-order valence-electron chi connectivity index (χ3n) is 6.70. The second-order valence-electron chi connectivity index (χ2n) is 10.6. The van der Waals surface area contributed by atoms with Gasteiger partial charge in [0.15, 0.2) is 0 Å². The number of aromatic nitrogens is 1. The first-order chi connectivity index (χ1) is 17.9. The number of halogens is 4. The molecule has 0 radical (unpaired) electrons. The quantitative estimate of drug-likeness (QED) is 0.332. The van der Waals surface area contributed by atoms with E-state index in [0.717, 1.165) is 30.3 Å². The average molecular weight is 548 g/mol. The fourth-order valence-corrected chi connectivity index (χ4v) is 5.23. The molecule has 0 saturated carbocycles. The Balaban J connectivity index is 1.75. The molecule has 1 aliphatic heterocycles. The van der Waals surface area contributed by atoms with Crippen LogP contribution in [0.5, 0.6) is 0 Å². The van der Waals surface area contributed by atoms with E-state index in [1.165, 1.54) is 4.90 Å². The molecule has 3 aromatic rings. The number of benzene rings is 2. The van der Waals surface area contributed by atoms with Crippen molar-refractivity contribution in [1.82, 2.24) is 14.4 Å². The van der Waals surface area contributed by atoms with Crippen LogP contribution < -0.4 is 0 Å². The minimum Gasteiger partial charge on any atom is -0.379 e. The Morgan fingerprint density at radius 1 is 1.03 bits per heavy atom. The first-order valence-corrected chi connectivity index (χ1v) is 13.0. The Bertz CT molecular complexity index is 1230. The van der Waals surface area contributed by atoms with Gasteiger partial charge in [0, 0.05) is 50.4 Å². The zero-order valence-corrected chi connectivity index (χ0v) is 22.6. The molecular weight excluding hydrogens is 515 g/mol. The highest BCUT2D eigenvalue weighted by atomic mass is 35.5. The monoisotopic (exact) mass is 547 g/mol. The normalized spacial score (nSPS) is 15.0. The molecule has 0 bridgehead atoms. The summed E-state index contributed by atoms with van der Waals surface area (Å²) in [6, 6.07) is 16.4. The van der Waals surface area contributed by atoms with Crippen LogP contribution in [0.4, 0.5) is 13.2 Å². The molecule has 5 nitrogen and oxygen atoms in total. The van der Waals surface area contributed by atoms with E-state index in [9.17, 15) is 18.0 Å². The van der Waals surface area contributed by atoms with Crippen molar-refractivity contribution in [3.63, 3.8) is 0 Å². The van der Waals surface area contributed by atoms with Crippen molar-refractivity contribution in [1.29, 1.82) is 0 Å². The van der Waals surface area contributed by atoms with Gasteiger partial charge in [-0.2, -0.15) is 13.2 Å². The van der Waals surface area contributed by atoms with Gasteiger partial charge in [-0.25, -0.2) is 0 Å². The Hall–Kier alpha value is -2.81. The van der Waals surface area contributed by atoms with E-state index in [2.05, 4.69) is 18.7 Å². The lowest BCUT2D eigenvalue weighted by Crippen LogP contribution is -2.46. The summed E-state index contributed by atoms with van der Waals surface area (Å²) >= 11 is 6.05. The number of hydrogen-bond donors (Lipinski definition) is 0. The summed E-state index contributed by atoms with van der Waals surface area (Å²) in [7, 11) is 1.65. The van der Waals surface area contributed by atoms with Gasteiger partial charge in [-0.05, 0) is 34.7 Å². The van der Waals surface area contributed by atoms with Gasteiger partial charge in [0.25, 0.3) is 5.91 Å². The molecule has 0 N–H and O–H groups in total. The van der Waals surface area contributed by atoms with Gasteiger partial charge in [0.05, 0.1) is 13.2 Å². The van der Waals surface area contributed by atoms with E-state index in [-0.39, 0.29) is 23.2 Å². The van der Waals surface area contributed by atoms with E-state index in [1.807, 2.05) is 0 Å². The summed E-state index contributed by atoms with van der Waals surface area (Å²) in [5, 5.41) is 0.461. The zero-order chi connectivity index (χ0) is 27.5. The molecule has 0 spiro atoms. The standard InChI is InChI=1S/C29H33ClF3N3O2/c1-28(2,20-35-13-15-38-16-14-35)19-34(3)27(37)26-24(22-9-11-23(30)12-10-22)17-25(29(31,32)33)36(26)18-21-7-5-4-6-8-21/h4-12,17H,13-16,18-20H2,1-3H3. The van der Waals surface area contributed by atoms with E-state index in [0.29, 0.717) is 35.9 Å². The molecule has 9 heteroatoms. The molecule has 1 aliphatic rings. The van der Waals surface area contributed by atoms with Gasteiger partial charge >= 0.3 is 6.18 Å². The predicted molar refractivity (Wildman–Crippen MR) is 143 cm³/mol. The topological polar surface area (TPSA) is 37.7 Å². The third kappa shape index (κ3) is 6.79. The molecule has 0 aliphatic carbocycles. The minimum atomic E-state index is -4.65. The minimum absolute atomic E-state index is 0.00757. The highest BCUT2D eigenvalue weighted by molar-refractivity contribution is 6.30. The SMILES string of the molecule is CN(CC(C)(C)CN1CCOCC1)C(=O)c1c(-c2ccc(Cl)cc2)cc(C(F)(F)F)n1Cc1ccccc1. The van der Waals surface area contributed by atoms with Crippen LogP contribution in [-0.2, 0) is 17.5 Å². The number of carbonyl (C=O) groups excluding carboxylic acids is 1. The van der Waals surface area contributed by atoms with Gasteiger partial charge < -0.3 is 14.2 Å². The highest BCUT2D eigenvalue weighted by Gasteiger charge is 2.39. The fraction of sp³-hybridized carbons (Fsp3) is 0.414. The van der Waals surface area contributed by atoms with Crippen molar-refractivity contribution < 1.29 is 22.7 Å². The Kier molecular flexibility index (Phi) is 8.55.